The molecule has 3 N–H and O–H groups in total. The van der Waals surface area contributed by atoms with Gasteiger partial charge in [-0.3, -0.25) is 0 Å². The molecular weight excluding hydrogens is 110 g/mol. The van der Waals surface area contributed by atoms with E-state index in [-0.39, 0.29) is 0 Å². The third-order valence-electron chi connectivity index (χ3n) is 0.641. The molecule has 0 amide bonds. The predicted molar refractivity (Wildman–Crippen MR) is 25.9 cm³/mol. The first-order chi connectivity index (χ1) is 3.93. The van der Waals surface area contributed by atoms with Crippen LogP contribution in [0.5, 0.6) is 0 Å². The molecule has 0 aliphatic rings. The average Bonchev–Trinajstić information content (AvgIpc) is 2.19. The number of hydrogen-bond acceptors (Lipinski definition) is 4. The maximum Gasteiger partial charge on any atom is 0.226 e. The lowest BCUT2D eigenvalue weighted by atomic mass is 11.0. The van der Waals surface area contributed by atoms with E-state index in [1.807, 2.05) is 0 Å². The fourth-order valence-corrected chi connectivity index (χ4v) is 0.364. The molecule has 0 aliphatic carbocycles. The molecule has 44 valence electrons. The Labute approximate surface area is 45.2 Å². The molecule has 1 heterocycles. The number of nitrogens with one attached hydrogen (secondary N) is 2. The van der Waals surface area contributed by atoms with Crippen LogP contribution in [0.15, 0.2) is 12.4 Å². The van der Waals surface area contributed by atoms with Gasteiger partial charge in [-0.2, -0.15) is 0 Å². The molecule has 8 heavy (non-hydrogen) atoms. The molecule has 0 atom stereocenters. The van der Waals surface area contributed by atoms with Crippen LogP contribution in [0.4, 0.5) is 5.95 Å². The normalized spacial score (nSPS) is 9.12. The van der Waals surface area contributed by atoms with Crippen molar-refractivity contribution in [3.05, 3.63) is 12.4 Å². The first-order valence-corrected chi connectivity index (χ1v) is 1.99. The number of rotatable bonds is 2. The van der Waals surface area contributed by atoms with Crippen molar-refractivity contribution in [1.82, 2.24) is 9.97 Å². The van der Waals surface area contributed by atoms with Gasteiger partial charge < -0.3 is 4.98 Å². The second-order valence-corrected chi connectivity index (χ2v) is 1.13. The number of anilines is 1. The van der Waals surface area contributed by atoms with Crippen LogP contribution in [0.1, 0.15) is 0 Å². The first-order valence-electron chi connectivity index (χ1n) is 1.99. The average molecular weight is 115 g/mol. The topological polar surface area (TPSA) is 70.2 Å². The minimum atomic E-state index is 0.368. The number of H-pyrrole nitrogens is 1. The highest BCUT2D eigenvalue weighted by Gasteiger charge is 1.86. The number of nitrogens with zero attached hydrogens (tertiary/aromatic N) is 1. The lowest BCUT2D eigenvalue weighted by molar-refractivity contribution is -0.216. The molecule has 0 bridgehead atoms. The van der Waals surface area contributed by atoms with Crippen molar-refractivity contribution in [1.29, 1.82) is 0 Å². The standard InChI is InChI=1S/C3H5N3O2/c7-8-6-3-4-1-2-5-3/h1-2,7H,(H2,4,5,6). The van der Waals surface area contributed by atoms with Crippen LogP contribution < -0.4 is 5.48 Å². The van der Waals surface area contributed by atoms with Gasteiger partial charge in [0.15, 0.2) is 0 Å². The molecule has 0 saturated heterocycles. The van der Waals surface area contributed by atoms with Crippen LogP contribution in [-0.4, -0.2) is 15.2 Å². The summed E-state index contributed by atoms with van der Waals surface area (Å²) in [7, 11) is 0. The SMILES string of the molecule is OONc1ncc[nH]1. The van der Waals surface area contributed by atoms with E-state index in [0.29, 0.717) is 5.95 Å². The minimum Gasteiger partial charge on any atom is -0.329 e. The summed E-state index contributed by atoms with van der Waals surface area (Å²) in [6, 6.07) is 0. The van der Waals surface area contributed by atoms with Gasteiger partial charge in [0.05, 0.1) is 0 Å². The van der Waals surface area contributed by atoms with Gasteiger partial charge >= 0.3 is 0 Å². The lowest BCUT2D eigenvalue weighted by Gasteiger charge is -1.90. The number of aromatic amines is 1. The quantitative estimate of drug-likeness (QED) is 0.381. The number of hydrogen-bond donors (Lipinski definition) is 3. The molecule has 0 aromatic carbocycles. The predicted octanol–water partition coefficient (Wildman–Crippen LogP) is 0.226. The van der Waals surface area contributed by atoms with Crippen molar-refractivity contribution in [2.75, 3.05) is 5.48 Å². The molecule has 0 saturated carbocycles. The zero-order chi connectivity index (χ0) is 5.82. The van der Waals surface area contributed by atoms with E-state index in [1.54, 1.807) is 6.20 Å². The van der Waals surface area contributed by atoms with Gasteiger partial charge in [0, 0.05) is 12.4 Å². The van der Waals surface area contributed by atoms with E-state index in [1.165, 1.54) is 6.20 Å². The third-order valence-corrected chi connectivity index (χ3v) is 0.641. The van der Waals surface area contributed by atoms with Gasteiger partial charge in [0.1, 0.15) is 0 Å². The van der Waals surface area contributed by atoms with Crippen LogP contribution in [0.3, 0.4) is 0 Å². The smallest absolute Gasteiger partial charge is 0.226 e. The monoisotopic (exact) mass is 115 g/mol. The second kappa shape index (κ2) is 2.29. The Balaban J connectivity index is 2.50. The molecule has 1 rings (SSSR count). The molecule has 0 unspecified atom stereocenters. The number of imidazole rings is 1. The van der Waals surface area contributed by atoms with Crippen molar-refractivity contribution in [2.24, 2.45) is 0 Å². The summed E-state index contributed by atoms with van der Waals surface area (Å²) in [6.07, 6.45) is 3.13. The van der Waals surface area contributed by atoms with Crippen LogP contribution in [-0.2, 0) is 4.99 Å². The molecule has 5 heteroatoms. The lowest BCUT2D eigenvalue weighted by Crippen LogP contribution is -1.96. The van der Waals surface area contributed by atoms with E-state index in [9.17, 15) is 0 Å². The fraction of sp³-hybridized carbons (Fsp3) is 0. The van der Waals surface area contributed by atoms with Gasteiger partial charge in [-0.1, -0.05) is 0 Å². The Morgan fingerprint density at radius 1 is 1.88 bits per heavy atom. The van der Waals surface area contributed by atoms with Crippen molar-refractivity contribution in [2.45, 2.75) is 0 Å². The maximum absolute atomic E-state index is 7.77. The van der Waals surface area contributed by atoms with E-state index < -0.39 is 0 Å². The summed E-state index contributed by atoms with van der Waals surface area (Å²) < 4.78 is 0. The van der Waals surface area contributed by atoms with Crippen molar-refractivity contribution < 1.29 is 10.2 Å². The molecule has 0 aliphatic heterocycles. The van der Waals surface area contributed by atoms with Crippen molar-refractivity contribution in [3.8, 4) is 0 Å². The Bertz CT molecular complexity index is 138. The van der Waals surface area contributed by atoms with E-state index in [4.69, 9.17) is 5.26 Å². The second-order valence-electron chi connectivity index (χ2n) is 1.13. The largest absolute Gasteiger partial charge is 0.329 e. The summed E-state index contributed by atoms with van der Waals surface area (Å²) in [5.74, 6) is 0.368. The molecule has 0 radical (unpaired) electrons. The molecule has 1 aromatic heterocycles. The van der Waals surface area contributed by atoms with E-state index >= 15 is 0 Å². The Hall–Kier alpha value is -1.07. The van der Waals surface area contributed by atoms with Crippen LogP contribution in [0.2, 0.25) is 0 Å². The van der Waals surface area contributed by atoms with Crippen LogP contribution >= 0.6 is 0 Å². The Morgan fingerprint density at radius 3 is 3.25 bits per heavy atom. The zero-order valence-electron chi connectivity index (χ0n) is 3.96. The van der Waals surface area contributed by atoms with E-state index in [0.717, 1.165) is 0 Å². The minimum absolute atomic E-state index is 0.368. The molecule has 0 spiro atoms. The van der Waals surface area contributed by atoms with Gasteiger partial charge in [0.25, 0.3) is 0 Å². The Kier molecular flexibility index (Phi) is 1.45. The van der Waals surface area contributed by atoms with Crippen LogP contribution in [0.25, 0.3) is 0 Å². The molecule has 1 aromatic rings. The van der Waals surface area contributed by atoms with Gasteiger partial charge in [-0.15, -0.1) is 4.99 Å². The highest BCUT2D eigenvalue weighted by atomic mass is 17.2. The summed E-state index contributed by atoms with van der Waals surface area (Å²) in [5.41, 5.74) is 2.08. The first kappa shape index (κ1) is 5.07. The maximum atomic E-state index is 7.77. The fourth-order valence-electron chi connectivity index (χ4n) is 0.364. The third kappa shape index (κ3) is 0.955. The highest BCUT2D eigenvalue weighted by molar-refractivity contribution is 5.17. The van der Waals surface area contributed by atoms with Crippen molar-refractivity contribution in [3.63, 3.8) is 0 Å². The zero-order valence-corrected chi connectivity index (χ0v) is 3.96. The molecular formula is C3H5N3O2. The summed E-state index contributed by atoms with van der Waals surface area (Å²) in [6.45, 7) is 0. The summed E-state index contributed by atoms with van der Waals surface area (Å²) in [5, 5.41) is 7.77. The molecule has 0 fully saturated rings. The van der Waals surface area contributed by atoms with Crippen LogP contribution in [0, 0.1) is 0 Å². The Morgan fingerprint density at radius 2 is 2.75 bits per heavy atom. The highest BCUT2D eigenvalue weighted by Crippen LogP contribution is 1.91. The van der Waals surface area contributed by atoms with Gasteiger partial charge in [-0.05, 0) is 0 Å². The number of aromatic nitrogens is 2. The summed E-state index contributed by atoms with van der Waals surface area (Å²) >= 11 is 0. The molecule has 5 nitrogen and oxygen atoms in total. The van der Waals surface area contributed by atoms with Gasteiger partial charge in [0.2, 0.25) is 5.95 Å². The van der Waals surface area contributed by atoms with E-state index in [2.05, 4.69) is 20.4 Å². The summed E-state index contributed by atoms with van der Waals surface area (Å²) in [4.78, 5) is 9.83. The van der Waals surface area contributed by atoms with Gasteiger partial charge in [-0.25, -0.2) is 15.7 Å². The van der Waals surface area contributed by atoms with Crippen molar-refractivity contribution >= 4 is 5.95 Å².